The van der Waals surface area contributed by atoms with E-state index >= 15 is 0 Å². The molecular weight excluding hydrogens is 389 g/mol. The lowest BCUT2D eigenvalue weighted by Crippen LogP contribution is -2.14. The minimum Gasteiger partial charge on any atom is -0.321 e. The van der Waals surface area contributed by atoms with E-state index in [1.165, 1.54) is 18.2 Å². The molecule has 0 radical (unpaired) electrons. The van der Waals surface area contributed by atoms with Crippen LogP contribution in [0.5, 0.6) is 0 Å². The molecule has 0 aliphatic heterocycles. The lowest BCUT2D eigenvalue weighted by molar-refractivity contribution is -0.112. The van der Waals surface area contributed by atoms with Crippen molar-refractivity contribution < 1.29 is 9.18 Å². The van der Waals surface area contributed by atoms with Crippen LogP contribution in [0.2, 0.25) is 5.02 Å². The second-order valence-electron chi connectivity index (χ2n) is 6.68. The molecular formula is C23H19ClFN3O. The van der Waals surface area contributed by atoms with E-state index in [0.717, 1.165) is 17.0 Å². The van der Waals surface area contributed by atoms with Crippen molar-refractivity contribution in [2.45, 2.75) is 20.8 Å². The highest BCUT2D eigenvalue weighted by molar-refractivity contribution is 6.31. The maximum Gasteiger partial charge on any atom is 0.266 e. The van der Waals surface area contributed by atoms with Crippen molar-refractivity contribution in [3.8, 4) is 11.8 Å². The minimum absolute atomic E-state index is 0.0381. The molecule has 1 N–H and O–H groups in total. The first-order valence-corrected chi connectivity index (χ1v) is 9.32. The fourth-order valence-corrected chi connectivity index (χ4v) is 3.36. The Morgan fingerprint density at radius 2 is 1.90 bits per heavy atom. The van der Waals surface area contributed by atoms with Crippen LogP contribution in [0.25, 0.3) is 11.8 Å². The van der Waals surface area contributed by atoms with Gasteiger partial charge in [0.25, 0.3) is 5.91 Å². The van der Waals surface area contributed by atoms with Gasteiger partial charge >= 0.3 is 0 Å². The van der Waals surface area contributed by atoms with Crippen LogP contribution >= 0.6 is 11.6 Å². The summed E-state index contributed by atoms with van der Waals surface area (Å²) in [6.07, 6.45) is 1.54. The molecule has 0 unspecified atom stereocenters. The van der Waals surface area contributed by atoms with E-state index in [1.54, 1.807) is 37.3 Å². The Balaban J connectivity index is 1.96. The Hall–Kier alpha value is -3.36. The van der Waals surface area contributed by atoms with E-state index < -0.39 is 5.91 Å². The number of hydrogen-bond acceptors (Lipinski definition) is 2. The molecule has 29 heavy (non-hydrogen) atoms. The zero-order valence-corrected chi connectivity index (χ0v) is 17.0. The molecule has 6 heteroatoms. The SMILES string of the molecule is Cc1c(Cl)cccc1NC(=O)/C(C#N)=C\c1cc(C)n(-c2cccc(F)c2)c1C. The van der Waals surface area contributed by atoms with Crippen molar-refractivity contribution >= 4 is 29.3 Å². The number of halogens is 2. The number of rotatable bonds is 4. The third-order valence-corrected chi connectivity index (χ3v) is 5.13. The summed E-state index contributed by atoms with van der Waals surface area (Å²) < 4.78 is 15.5. The third kappa shape index (κ3) is 4.23. The zero-order chi connectivity index (χ0) is 21.1. The Labute approximate surface area is 173 Å². The number of benzene rings is 2. The van der Waals surface area contributed by atoms with E-state index in [1.807, 2.05) is 30.6 Å². The molecule has 0 fully saturated rings. The van der Waals surface area contributed by atoms with E-state index in [0.29, 0.717) is 22.0 Å². The quantitative estimate of drug-likeness (QED) is 0.442. The Kier molecular flexibility index (Phi) is 5.86. The molecule has 0 aliphatic carbocycles. The fraction of sp³-hybridized carbons (Fsp3) is 0.130. The average Bonchev–Trinajstić information content (AvgIpc) is 2.96. The second-order valence-corrected chi connectivity index (χ2v) is 7.09. The van der Waals surface area contributed by atoms with Gasteiger partial charge in [0.15, 0.2) is 0 Å². The van der Waals surface area contributed by atoms with Gasteiger partial charge in [0, 0.05) is 27.8 Å². The van der Waals surface area contributed by atoms with Crippen molar-refractivity contribution in [2.24, 2.45) is 0 Å². The van der Waals surface area contributed by atoms with Crippen LogP contribution in [0.4, 0.5) is 10.1 Å². The highest BCUT2D eigenvalue weighted by Gasteiger charge is 2.15. The highest BCUT2D eigenvalue weighted by atomic mass is 35.5. The molecule has 1 amide bonds. The van der Waals surface area contributed by atoms with Gasteiger partial charge in [0.05, 0.1) is 0 Å². The number of nitrogens with zero attached hydrogens (tertiary/aromatic N) is 2. The molecule has 0 saturated heterocycles. The summed E-state index contributed by atoms with van der Waals surface area (Å²) in [5, 5.41) is 12.8. The minimum atomic E-state index is -0.520. The first-order valence-electron chi connectivity index (χ1n) is 8.95. The first-order chi connectivity index (χ1) is 13.8. The molecule has 4 nitrogen and oxygen atoms in total. The standard InChI is InChI=1S/C23H19ClFN3O/c1-14-10-17(16(3)28(14)20-7-4-6-19(25)12-20)11-18(13-26)23(29)27-22-9-5-8-21(24)15(22)2/h4-12H,1-3H3,(H,27,29)/b18-11-. The molecule has 0 bridgehead atoms. The number of anilines is 1. The number of nitrogens with one attached hydrogen (secondary N) is 1. The van der Waals surface area contributed by atoms with Crippen LogP contribution in [-0.4, -0.2) is 10.5 Å². The molecule has 1 aromatic heterocycles. The molecule has 3 aromatic rings. The highest BCUT2D eigenvalue weighted by Crippen LogP contribution is 2.25. The van der Waals surface area contributed by atoms with E-state index in [4.69, 9.17) is 11.6 Å². The first kappa shape index (κ1) is 20.4. The van der Waals surface area contributed by atoms with Crippen LogP contribution in [0.15, 0.2) is 54.1 Å². The number of hydrogen-bond donors (Lipinski definition) is 1. The van der Waals surface area contributed by atoms with Crippen molar-refractivity contribution in [3.05, 3.63) is 87.5 Å². The van der Waals surface area contributed by atoms with Gasteiger partial charge in [-0.1, -0.05) is 23.7 Å². The molecule has 1 heterocycles. The van der Waals surface area contributed by atoms with Gasteiger partial charge in [-0.15, -0.1) is 0 Å². The fourth-order valence-electron chi connectivity index (χ4n) is 3.18. The largest absolute Gasteiger partial charge is 0.321 e. The summed E-state index contributed by atoms with van der Waals surface area (Å²) in [6.45, 7) is 5.54. The maximum atomic E-state index is 13.6. The van der Waals surface area contributed by atoms with Crippen molar-refractivity contribution in [1.29, 1.82) is 5.26 Å². The van der Waals surface area contributed by atoms with Crippen LogP contribution in [-0.2, 0) is 4.79 Å². The summed E-state index contributed by atoms with van der Waals surface area (Å²) in [5.41, 5.74) is 4.29. The van der Waals surface area contributed by atoms with Crippen molar-refractivity contribution in [2.75, 3.05) is 5.32 Å². The van der Waals surface area contributed by atoms with Crippen LogP contribution in [0.1, 0.15) is 22.5 Å². The van der Waals surface area contributed by atoms with Gasteiger partial charge in [-0.25, -0.2) is 4.39 Å². The van der Waals surface area contributed by atoms with E-state index in [9.17, 15) is 14.4 Å². The number of nitriles is 1. The van der Waals surface area contributed by atoms with Crippen LogP contribution in [0, 0.1) is 37.9 Å². The van der Waals surface area contributed by atoms with Gasteiger partial charge in [0.2, 0.25) is 0 Å². The maximum absolute atomic E-state index is 13.6. The van der Waals surface area contributed by atoms with Crippen molar-refractivity contribution in [3.63, 3.8) is 0 Å². The van der Waals surface area contributed by atoms with Gasteiger partial charge < -0.3 is 9.88 Å². The Bertz CT molecular complexity index is 1170. The molecule has 3 rings (SSSR count). The monoisotopic (exact) mass is 407 g/mol. The molecule has 0 aliphatic rings. The predicted octanol–water partition coefficient (Wildman–Crippen LogP) is 5.74. The zero-order valence-electron chi connectivity index (χ0n) is 16.3. The van der Waals surface area contributed by atoms with E-state index in [-0.39, 0.29) is 11.4 Å². The number of aromatic nitrogens is 1. The molecule has 0 spiro atoms. The summed E-state index contributed by atoms with van der Waals surface area (Å²) in [7, 11) is 0. The summed E-state index contributed by atoms with van der Waals surface area (Å²) >= 11 is 6.09. The Morgan fingerprint density at radius 3 is 2.59 bits per heavy atom. The smallest absolute Gasteiger partial charge is 0.266 e. The van der Waals surface area contributed by atoms with Crippen molar-refractivity contribution in [1.82, 2.24) is 4.57 Å². The second kappa shape index (κ2) is 8.34. The topological polar surface area (TPSA) is 57.8 Å². The summed E-state index contributed by atoms with van der Waals surface area (Å²) in [4.78, 5) is 12.6. The van der Waals surface area contributed by atoms with Gasteiger partial charge in [-0.2, -0.15) is 5.26 Å². The molecule has 0 saturated carbocycles. The average molecular weight is 408 g/mol. The molecule has 146 valence electrons. The molecule has 2 aromatic carbocycles. The van der Waals surface area contributed by atoms with Gasteiger partial charge in [-0.05, 0) is 74.4 Å². The van der Waals surface area contributed by atoms with E-state index in [2.05, 4.69) is 5.32 Å². The number of carbonyl (C=O) groups is 1. The third-order valence-electron chi connectivity index (χ3n) is 4.72. The number of aryl methyl sites for hydroxylation is 1. The lowest BCUT2D eigenvalue weighted by Gasteiger charge is -2.10. The predicted molar refractivity (Wildman–Crippen MR) is 114 cm³/mol. The van der Waals surface area contributed by atoms with Crippen LogP contribution < -0.4 is 5.32 Å². The van der Waals surface area contributed by atoms with Gasteiger partial charge in [-0.3, -0.25) is 4.79 Å². The number of carbonyl (C=O) groups excluding carboxylic acids is 1. The normalized spacial score (nSPS) is 11.2. The van der Waals surface area contributed by atoms with Gasteiger partial charge in [0.1, 0.15) is 17.5 Å². The Morgan fingerprint density at radius 1 is 1.17 bits per heavy atom. The number of amides is 1. The van der Waals surface area contributed by atoms with Crippen LogP contribution in [0.3, 0.4) is 0 Å². The molecule has 0 atom stereocenters. The summed E-state index contributed by atoms with van der Waals surface area (Å²) in [5.74, 6) is -0.852. The summed E-state index contributed by atoms with van der Waals surface area (Å²) in [6, 6.07) is 15.3. The lowest BCUT2D eigenvalue weighted by atomic mass is 10.1.